The Labute approximate surface area is 193 Å². The number of hydrogen-bond acceptors (Lipinski definition) is 4. The summed E-state index contributed by atoms with van der Waals surface area (Å²) >= 11 is 0. The first-order valence-electron chi connectivity index (χ1n) is 11.2. The van der Waals surface area contributed by atoms with Gasteiger partial charge >= 0.3 is 0 Å². The fourth-order valence-corrected chi connectivity index (χ4v) is 4.30. The van der Waals surface area contributed by atoms with Crippen LogP contribution in [0.2, 0.25) is 0 Å². The molecular formula is C26H28N4O3. The predicted octanol–water partition coefficient (Wildman–Crippen LogP) is 3.49. The molecule has 3 amide bonds. The van der Waals surface area contributed by atoms with Gasteiger partial charge in [0, 0.05) is 37.8 Å². The lowest BCUT2D eigenvalue weighted by molar-refractivity contribution is -0.138. The molecule has 7 heteroatoms. The van der Waals surface area contributed by atoms with Crippen LogP contribution in [0.25, 0.3) is 10.8 Å². The highest BCUT2D eigenvalue weighted by molar-refractivity contribution is 6.07. The Kier molecular flexibility index (Phi) is 6.68. The van der Waals surface area contributed by atoms with Gasteiger partial charge in [-0.2, -0.15) is 0 Å². The molecule has 2 heterocycles. The topological polar surface area (TPSA) is 82.6 Å². The Morgan fingerprint density at radius 2 is 1.79 bits per heavy atom. The van der Waals surface area contributed by atoms with Crippen molar-refractivity contribution in [3.63, 3.8) is 0 Å². The van der Waals surface area contributed by atoms with Gasteiger partial charge < -0.3 is 15.1 Å². The zero-order chi connectivity index (χ0) is 23.4. The number of likely N-dealkylation sites (N-methyl/N-ethyl adjacent to an activating group) is 1. The summed E-state index contributed by atoms with van der Waals surface area (Å²) in [4.78, 5) is 45.8. The van der Waals surface area contributed by atoms with Crippen molar-refractivity contribution in [2.75, 3.05) is 32.0 Å². The van der Waals surface area contributed by atoms with Gasteiger partial charge in [-0.25, -0.2) is 4.98 Å². The lowest BCUT2D eigenvalue weighted by Crippen LogP contribution is -2.45. The number of pyridine rings is 1. The Morgan fingerprint density at radius 3 is 2.55 bits per heavy atom. The molecule has 0 atom stereocenters. The summed E-state index contributed by atoms with van der Waals surface area (Å²) in [5.74, 6) is -0.0826. The van der Waals surface area contributed by atoms with Crippen LogP contribution in [0.4, 0.5) is 5.82 Å². The van der Waals surface area contributed by atoms with E-state index >= 15 is 0 Å². The van der Waals surface area contributed by atoms with Gasteiger partial charge in [-0.15, -0.1) is 0 Å². The van der Waals surface area contributed by atoms with E-state index in [0.29, 0.717) is 37.3 Å². The van der Waals surface area contributed by atoms with Crippen molar-refractivity contribution in [1.29, 1.82) is 0 Å². The van der Waals surface area contributed by atoms with Crippen LogP contribution in [0.15, 0.2) is 60.8 Å². The Hall–Kier alpha value is -3.74. The molecule has 0 bridgehead atoms. The molecule has 3 aromatic rings. The van der Waals surface area contributed by atoms with Crippen LogP contribution in [-0.2, 0) is 9.59 Å². The molecule has 1 aliphatic rings. The number of piperidine rings is 1. The fraction of sp³-hybridized carbons (Fsp3) is 0.308. The number of anilines is 1. The summed E-state index contributed by atoms with van der Waals surface area (Å²) in [6.07, 6.45) is 2.80. The number of likely N-dealkylation sites (tertiary alicyclic amines) is 1. The molecule has 1 aromatic heterocycles. The monoisotopic (exact) mass is 444 g/mol. The molecule has 0 saturated carbocycles. The highest BCUT2D eigenvalue weighted by atomic mass is 16.2. The van der Waals surface area contributed by atoms with Crippen molar-refractivity contribution in [1.82, 2.24) is 14.8 Å². The number of rotatable bonds is 5. The van der Waals surface area contributed by atoms with E-state index < -0.39 is 0 Å². The summed E-state index contributed by atoms with van der Waals surface area (Å²) in [7, 11) is 1.64. The largest absolute Gasteiger partial charge is 0.339 e. The minimum Gasteiger partial charge on any atom is -0.339 e. The second kappa shape index (κ2) is 9.81. The molecule has 0 spiro atoms. The van der Waals surface area contributed by atoms with Gasteiger partial charge in [0.15, 0.2) is 0 Å². The third-order valence-corrected chi connectivity index (χ3v) is 6.09. The van der Waals surface area contributed by atoms with E-state index in [4.69, 9.17) is 0 Å². The number of nitrogens with zero attached hydrogens (tertiary/aromatic N) is 3. The molecule has 0 aliphatic carbocycles. The van der Waals surface area contributed by atoms with Gasteiger partial charge in [-0.05, 0) is 54.3 Å². The van der Waals surface area contributed by atoms with Crippen LogP contribution in [0.5, 0.6) is 0 Å². The van der Waals surface area contributed by atoms with Crippen molar-refractivity contribution >= 4 is 34.3 Å². The highest BCUT2D eigenvalue weighted by Gasteiger charge is 2.30. The molecule has 4 rings (SSSR count). The number of carbonyl (C=O) groups is 3. The van der Waals surface area contributed by atoms with Gasteiger partial charge in [0.05, 0.1) is 6.54 Å². The van der Waals surface area contributed by atoms with Crippen molar-refractivity contribution in [3.05, 3.63) is 71.9 Å². The summed E-state index contributed by atoms with van der Waals surface area (Å²) in [5, 5.41) is 4.71. The minimum absolute atomic E-state index is 0.00362. The van der Waals surface area contributed by atoms with Crippen molar-refractivity contribution in [3.8, 4) is 0 Å². The van der Waals surface area contributed by atoms with E-state index in [-0.39, 0.29) is 30.2 Å². The van der Waals surface area contributed by atoms with Crippen LogP contribution >= 0.6 is 0 Å². The van der Waals surface area contributed by atoms with E-state index in [1.165, 1.54) is 4.90 Å². The smallest absolute Gasteiger partial charge is 0.254 e. The summed E-state index contributed by atoms with van der Waals surface area (Å²) in [6, 6.07) is 17.2. The third-order valence-electron chi connectivity index (χ3n) is 6.09. The lowest BCUT2D eigenvalue weighted by atomic mass is 9.94. The Balaban J connectivity index is 1.32. The molecule has 0 radical (unpaired) electrons. The molecular weight excluding hydrogens is 416 g/mol. The van der Waals surface area contributed by atoms with E-state index in [1.807, 2.05) is 60.4 Å². The van der Waals surface area contributed by atoms with Gasteiger partial charge in [0.1, 0.15) is 5.82 Å². The zero-order valence-electron chi connectivity index (χ0n) is 19.0. The second-order valence-corrected chi connectivity index (χ2v) is 8.55. The van der Waals surface area contributed by atoms with E-state index in [9.17, 15) is 14.4 Å². The zero-order valence-corrected chi connectivity index (χ0v) is 19.0. The number of carbonyl (C=O) groups excluding carboxylic acids is 3. The molecule has 1 fully saturated rings. The number of aromatic nitrogens is 1. The Bertz CT molecular complexity index is 1180. The molecule has 1 saturated heterocycles. The number of hydrogen-bond donors (Lipinski definition) is 1. The van der Waals surface area contributed by atoms with E-state index in [1.54, 1.807) is 19.3 Å². The highest BCUT2D eigenvalue weighted by Crippen LogP contribution is 2.24. The van der Waals surface area contributed by atoms with Crippen molar-refractivity contribution in [2.45, 2.75) is 19.8 Å². The standard InChI is InChI=1S/C26H28N4O3/c1-18-10-13-27-23(16-18)28-24(31)17-29(2)25(32)20-11-14-30(15-12-20)26(33)22-9-5-7-19-6-3-4-8-21(19)22/h3-10,13,16,20H,11-12,14-15,17H2,1-2H3,(H,27,28,31). The van der Waals surface area contributed by atoms with E-state index in [2.05, 4.69) is 10.3 Å². The summed E-state index contributed by atoms with van der Waals surface area (Å²) < 4.78 is 0. The molecule has 1 N–H and O–H groups in total. The van der Waals surface area contributed by atoms with Crippen LogP contribution in [0.1, 0.15) is 28.8 Å². The molecule has 0 unspecified atom stereocenters. The molecule has 2 aromatic carbocycles. The van der Waals surface area contributed by atoms with Crippen molar-refractivity contribution < 1.29 is 14.4 Å². The van der Waals surface area contributed by atoms with Crippen LogP contribution in [-0.4, -0.2) is 59.2 Å². The number of nitrogens with one attached hydrogen (secondary N) is 1. The van der Waals surface area contributed by atoms with Gasteiger partial charge in [-0.3, -0.25) is 14.4 Å². The predicted molar refractivity (Wildman–Crippen MR) is 128 cm³/mol. The molecule has 7 nitrogen and oxygen atoms in total. The van der Waals surface area contributed by atoms with Crippen LogP contribution in [0.3, 0.4) is 0 Å². The lowest BCUT2D eigenvalue weighted by Gasteiger charge is -2.33. The first-order valence-corrected chi connectivity index (χ1v) is 11.2. The first kappa shape index (κ1) is 22.5. The normalized spacial score (nSPS) is 14.2. The number of amides is 3. The molecule has 170 valence electrons. The van der Waals surface area contributed by atoms with Gasteiger partial charge in [-0.1, -0.05) is 36.4 Å². The fourth-order valence-electron chi connectivity index (χ4n) is 4.30. The quantitative estimate of drug-likeness (QED) is 0.653. The maximum atomic E-state index is 13.1. The average molecular weight is 445 g/mol. The SMILES string of the molecule is Cc1ccnc(NC(=O)CN(C)C(=O)C2CCN(C(=O)c3cccc4ccccc34)CC2)c1. The van der Waals surface area contributed by atoms with Gasteiger partial charge in [0.2, 0.25) is 11.8 Å². The van der Waals surface area contributed by atoms with Crippen molar-refractivity contribution in [2.24, 2.45) is 5.92 Å². The third kappa shape index (κ3) is 5.19. The van der Waals surface area contributed by atoms with Gasteiger partial charge in [0.25, 0.3) is 5.91 Å². The maximum Gasteiger partial charge on any atom is 0.254 e. The summed E-state index contributed by atoms with van der Waals surface area (Å²) in [5.41, 5.74) is 1.69. The second-order valence-electron chi connectivity index (χ2n) is 8.55. The minimum atomic E-state index is -0.285. The average Bonchev–Trinajstić information content (AvgIpc) is 2.82. The van der Waals surface area contributed by atoms with E-state index in [0.717, 1.165) is 16.3 Å². The number of benzene rings is 2. The maximum absolute atomic E-state index is 13.1. The van der Waals surface area contributed by atoms with Crippen LogP contribution < -0.4 is 5.32 Å². The first-order chi connectivity index (χ1) is 15.9. The number of aryl methyl sites for hydroxylation is 1. The Morgan fingerprint density at radius 1 is 1.06 bits per heavy atom. The summed E-state index contributed by atoms with van der Waals surface area (Å²) in [6.45, 7) is 2.92. The van der Waals surface area contributed by atoms with Crippen LogP contribution in [0, 0.1) is 12.8 Å². The molecule has 1 aliphatic heterocycles. The molecule has 33 heavy (non-hydrogen) atoms. The number of fused-ring (bicyclic) bond motifs is 1.